The molecule has 128 valence electrons. The molecule has 1 amide bonds. The molecule has 0 N–H and O–H groups in total. The molecule has 1 saturated carbocycles. The quantitative estimate of drug-likeness (QED) is 0.796. The minimum Gasteiger partial charge on any atom is -0.374 e. The summed E-state index contributed by atoms with van der Waals surface area (Å²) >= 11 is 0. The number of hydrogen-bond donors (Lipinski definition) is 0. The van der Waals surface area contributed by atoms with Crippen LogP contribution in [0.15, 0.2) is 36.7 Å². The van der Waals surface area contributed by atoms with Crippen LogP contribution in [0.2, 0.25) is 0 Å². The van der Waals surface area contributed by atoms with E-state index in [9.17, 15) is 4.79 Å². The van der Waals surface area contributed by atoms with Gasteiger partial charge in [-0.05, 0) is 37.3 Å². The van der Waals surface area contributed by atoms with Crippen LogP contribution in [0.25, 0.3) is 0 Å². The van der Waals surface area contributed by atoms with Gasteiger partial charge in [-0.3, -0.25) is 9.78 Å². The van der Waals surface area contributed by atoms with E-state index in [2.05, 4.69) is 17.1 Å². The van der Waals surface area contributed by atoms with Crippen LogP contribution in [0.1, 0.15) is 31.2 Å². The van der Waals surface area contributed by atoms with Crippen LogP contribution in [-0.2, 0) is 20.9 Å². The first-order valence-electron chi connectivity index (χ1n) is 8.90. The molecule has 0 aromatic carbocycles. The first-order chi connectivity index (χ1) is 11.8. The molecule has 5 heteroatoms. The van der Waals surface area contributed by atoms with Crippen LogP contribution in [-0.4, -0.2) is 47.2 Å². The summed E-state index contributed by atoms with van der Waals surface area (Å²) < 4.78 is 12.2. The first kappa shape index (κ1) is 15.8. The van der Waals surface area contributed by atoms with E-state index in [-0.39, 0.29) is 30.1 Å². The van der Waals surface area contributed by atoms with Crippen LogP contribution in [0.3, 0.4) is 0 Å². The van der Waals surface area contributed by atoms with E-state index in [4.69, 9.17) is 9.47 Å². The van der Waals surface area contributed by atoms with E-state index in [0.717, 1.165) is 31.2 Å². The highest BCUT2D eigenvalue weighted by Crippen LogP contribution is 2.34. The molecular formula is C19H24N2O3. The maximum atomic E-state index is 12.9. The van der Waals surface area contributed by atoms with Gasteiger partial charge in [0.1, 0.15) is 6.10 Å². The van der Waals surface area contributed by atoms with Crippen molar-refractivity contribution in [3.8, 4) is 0 Å². The predicted molar refractivity (Wildman–Crippen MR) is 89.2 cm³/mol. The molecule has 4 rings (SSSR count). The molecule has 3 atom stereocenters. The van der Waals surface area contributed by atoms with Crippen molar-refractivity contribution in [3.05, 3.63) is 42.2 Å². The average Bonchev–Trinajstić information content (AvgIpc) is 3.22. The van der Waals surface area contributed by atoms with Gasteiger partial charge in [-0.1, -0.05) is 18.2 Å². The van der Waals surface area contributed by atoms with Crippen LogP contribution in [0.4, 0.5) is 0 Å². The van der Waals surface area contributed by atoms with Gasteiger partial charge in [0.2, 0.25) is 5.91 Å². The van der Waals surface area contributed by atoms with E-state index in [1.807, 2.05) is 23.2 Å². The van der Waals surface area contributed by atoms with E-state index in [1.54, 1.807) is 6.20 Å². The summed E-state index contributed by atoms with van der Waals surface area (Å²) in [5.41, 5.74) is 1.05. The molecule has 2 heterocycles. The highest BCUT2D eigenvalue weighted by Gasteiger charge is 2.45. The van der Waals surface area contributed by atoms with Crippen molar-refractivity contribution >= 4 is 5.91 Å². The molecule has 0 unspecified atom stereocenters. The molecule has 5 nitrogen and oxygen atoms in total. The van der Waals surface area contributed by atoms with Crippen molar-refractivity contribution in [3.63, 3.8) is 0 Å². The van der Waals surface area contributed by atoms with Crippen molar-refractivity contribution in [2.45, 2.75) is 50.5 Å². The number of hydrogen-bond acceptors (Lipinski definition) is 4. The topological polar surface area (TPSA) is 51.7 Å². The Morgan fingerprint density at radius 2 is 2.21 bits per heavy atom. The summed E-state index contributed by atoms with van der Waals surface area (Å²) in [4.78, 5) is 19.1. The van der Waals surface area contributed by atoms with Crippen LogP contribution in [0, 0.1) is 5.92 Å². The summed E-state index contributed by atoms with van der Waals surface area (Å²) in [5, 5.41) is 0. The fraction of sp³-hybridized carbons (Fsp3) is 0.579. The fourth-order valence-corrected chi connectivity index (χ4v) is 4.11. The monoisotopic (exact) mass is 328 g/mol. The number of pyridine rings is 1. The first-order valence-corrected chi connectivity index (χ1v) is 8.90. The van der Waals surface area contributed by atoms with Crippen molar-refractivity contribution < 1.29 is 14.3 Å². The van der Waals surface area contributed by atoms with Crippen molar-refractivity contribution in [2.75, 3.05) is 13.2 Å². The molecule has 0 radical (unpaired) electrons. The minimum atomic E-state index is -0.0361. The Bertz CT molecular complexity index is 596. The van der Waals surface area contributed by atoms with Crippen molar-refractivity contribution in [2.24, 2.45) is 5.92 Å². The van der Waals surface area contributed by atoms with E-state index >= 15 is 0 Å². The Kier molecular flexibility index (Phi) is 4.63. The number of allylic oxidation sites excluding steroid dienone is 2. The molecule has 24 heavy (non-hydrogen) atoms. The number of rotatable bonds is 4. The van der Waals surface area contributed by atoms with Crippen LogP contribution >= 0.6 is 0 Å². The second-order valence-corrected chi connectivity index (χ2v) is 6.86. The minimum absolute atomic E-state index is 0.0361. The van der Waals surface area contributed by atoms with E-state index in [0.29, 0.717) is 19.8 Å². The van der Waals surface area contributed by atoms with Gasteiger partial charge in [-0.25, -0.2) is 0 Å². The predicted octanol–water partition coefficient (Wildman–Crippen LogP) is 2.32. The molecule has 1 saturated heterocycles. The highest BCUT2D eigenvalue weighted by atomic mass is 16.5. The average molecular weight is 328 g/mol. The third-order valence-electron chi connectivity index (χ3n) is 5.36. The highest BCUT2D eigenvalue weighted by molar-refractivity contribution is 5.80. The fourth-order valence-electron chi connectivity index (χ4n) is 4.11. The Balaban J connectivity index is 1.46. The number of amides is 1. The SMILES string of the molecule is O=C(C1CC=CC1)N1CCO[C@H]2CC[C@H]1[C@@H]2OCc1cccnc1. The van der Waals surface area contributed by atoms with Gasteiger partial charge in [0, 0.05) is 24.9 Å². The number of ether oxygens (including phenoxy) is 2. The Morgan fingerprint density at radius 3 is 3.00 bits per heavy atom. The van der Waals surface area contributed by atoms with Crippen LogP contribution in [0.5, 0.6) is 0 Å². The van der Waals surface area contributed by atoms with Gasteiger partial charge in [0.25, 0.3) is 0 Å². The molecular weight excluding hydrogens is 304 g/mol. The number of fused-ring (bicyclic) bond motifs is 2. The molecule has 3 aliphatic rings. The number of carbonyl (C=O) groups is 1. The summed E-state index contributed by atoms with van der Waals surface area (Å²) in [6.07, 6.45) is 11.6. The van der Waals surface area contributed by atoms with Crippen molar-refractivity contribution in [1.29, 1.82) is 0 Å². The second-order valence-electron chi connectivity index (χ2n) is 6.86. The third-order valence-corrected chi connectivity index (χ3v) is 5.36. The third kappa shape index (κ3) is 3.10. The lowest BCUT2D eigenvalue weighted by molar-refractivity contribution is -0.140. The lowest BCUT2D eigenvalue weighted by atomic mass is 10.0. The van der Waals surface area contributed by atoms with Crippen molar-refractivity contribution in [1.82, 2.24) is 9.88 Å². The molecule has 1 aliphatic heterocycles. The summed E-state index contributed by atoms with van der Waals surface area (Å²) in [6.45, 7) is 1.81. The molecule has 2 aliphatic carbocycles. The Morgan fingerprint density at radius 1 is 1.33 bits per heavy atom. The van der Waals surface area contributed by atoms with Gasteiger partial charge >= 0.3 is 0 Å². The van der Waals surface area contributed by atoms with Gasteiger partial charge in [0.05, 0.1) is 25.4 Å². The molecule has 2 bridgehead atoms. The zero-order valence-electron chi connectivity index (χ0n) is 13.8. The standard InChI is InChI=1S/C19H24N2O3/c22-19(15-5-1-2-6-15)21-10-11-23-17-8-7-16(21)18(17)24-13-14-4-3-9-20-12-14/h1-4,9,12,15-18H,5-8,10-11,13H2/t16-,17-,18-/m0/s1. The van der Waals surface area contributed by atoms with Gasteiger partial charge in [-0.15, -0.1) is 0 Å². The molecule has 1 aromatic rings. The normalized spacial score (nSPS) is 29.8. The Labute approximate surface area is 142 Å². The number of aromatic nitrogens is 1. The number of nitrogens with zero attached hydrogens (tertiary/aromatic N) is 2. The number of carbonyl (C=O) groups excluding carboxylic acids is 1. The molecule has 1 aromatic heterocycles. The lowest BCUT2D eigenvalue weighted by Crippen LogP contribution is -2.48. The van der Waals surface area contributed by atoms with Gasteiger partial charge in [-0.2, -0.15) is 0 Å². The second kappa shape index (κ2) is 7.03. The maximum Gasteiger partial charge on any atom is 0.226 e. The van der Waals surface area contributed by atoms with E-state index < -0.39 is 0 Å². The van der Waals surface area contributed by atoms with Gasteiger partial charge < -0.3 is 14.4 Å². The Hall–Kier alpha value is -1.72. The zero-order valence-corrected chi connectivity index (χ0v) is 13.8. The smallest absolute Gasteiger partial charge is 0.226 e. The van der Waals surface area contributed by atoms with Crippen LogP contribution < -0.4 is 0 Å². The maximum absolute atomic E-state index is 12.9. The summed E-state index contributed by atoms with van der Waals surface area (Å²) in [7, 11) is 0. The van der Waals surface area contributed by atoms with E-state index in [1.165, 1.54) is 0 Å². The lowest BCUT2D eigenvalue weighted by Gasteiger charge is -2.33. The van der Waals surface area contributed by atoms with Gasteiger partial charge in [0.15, 0.2) is 0 Å². The summed E-state index contributed by atoms with van der Waals surface area (Å²) in [5.74, 6) is 0.382. The summed E-state index contributed by atoms with van der Waals surface area (Å²) in [6, 6.07) is 4.07. The zero-order chi connectivity index (χ0) is 16.4. The molecule has 2 fully saturated rings. The molecule has 0 spiro atoms. The largest absolute Gasteiger partial charge is 0.374 e.